The standard InChI is InChI=1S/C30H40N2OSi/c1-30(2,3)34(28-16-10-6-11-17-28,29-18-12-7-13-19-29)33-24-27-21-20-26(22-31-4)32(27)23-25-14-8-5-9-15-25/h5-19,26-27,31H,20-24H2,1-4H3. The Morgan fingerprint density at radius 3 is 1.79 bits per heavy atom. The Balaban J connectivity index is 1.66. The van der Waals surface area contributed by atoms with E-state index in [1.165, 1.54) is 28.8 Å². The molecule has 1 fully saturated rings. The number of benzene rings is 3. The van der Waals surface area contributed by atoms with Crippen LogP contribution in [-0.4, -0.2) is 45.5 Å². The van der Waals surface area contributed by atoms with Gasteiger partial charge in [-0.25, -0.2) is 0 Å². The lowest BCUT2D eigenvalue weighted by atomic mass is 10.2. The summed E-state index contributed by atoms with van der Waals surface area (Å²) in [7, 11) is -0.459. The van der Waals surface area contributed by atoms with Gasteiger partial charge >= 0.3 is 0 Å². The van der Waals surface area contributed by atoms with E-state index in [-0.39, 0.29) is 5.04 Å². The maximum atomic E-state index is 7.32. The molecule has 1 saturated heterocycles. The van der Waals surface area contributed by atoms with Crippen LogP contribution in [0.15, 0.2) is 91.0 Å². The van der Waals surface area contributed by atoms with E-state index in [0.717, 1.165) is 19.7 Å². The summed E-state index contributed by atoms with van der Waals surface area (Å²) < 4.78 is 7.32. The van der Waals surface area contributed by atoms with E-state index in [0.29, 0.717) is 12.1 Å². The normalized spacial score (nSPS) is 19.4. The molecule has 180 valence electrons. The molecule has 0 amide bonds. The number of rotatable bonds is 9. The van der Waals surface area contributed by atoms with Crippen molar-refractivity contribution in [2.24, 2.45) is 0 Å². The fourth-order valence-corrected chi connectivity index (χ4v) is 10.3. The lowest BCUT2D eigenvalue weighted by molar-refractivity contribution is 0.127. The van der Waals surface area contributed by atoms with Crippen LogP contribution in [0.3, 0.4) is 0 Å². The first kappa shape index (κ1) is 24.9. The molecule has 3 aromatic carbocycles. The van der Waals surface area contributed by atoms with E-state index in [9.17, 15) is 0 Å². The molecular formula is C30H40N2OSi. The van der Waals surface area contributed by atoms with Crippen molar-refractivity contribution in [1.29, 1.82) is 0 Å². The minimum Gasteiger partial charge on any atom is -0.406 e. The van der Waals surface area contributed by atoms with E-state index >= 15 is 0 Å². The molecule has 1 N–H and O–H groups in total. The average molecular weight is 473 g/mol. The molecule has 4 rings (SSSR count). The molecule has 0 bridgehead atoms. The van der Waals surface area contributed by atoms with Crippen LogP contribution in [0.5, 0.6) is 0 Å². The Labute approximate surface area is 207 Å². The summed E-state index contributed by atoms with van der Waals surface area (Å²) >= 11 is 0. The first-order valence-corrected chi connectivity index (χ1v) is 14.6. The van der Waals surface area contributed by atoms with Crippen molar-refractivity contribution in [1.82, 2.24) is 10.2 Å². The zero-order chi connectivity index (χ0) is 24.0. The molecule has 0 radical (unpaired) electrons. The molecule has 3 aromatic rings. The molecule has 1 heterocycles. The van der Waals surface area contributed by atoms with Gasteiger partial charge in [0.2, 0.25) is 0 Å². The first-order valence-electron chi connectivity index (χ1n) is 12.6. The lowest BCUT2D eigenvalue weighted by Gasteiger charge is -2.44. The second kappa shape index (κ2) is 11.0. The van der Waals surface area contributed by atoms with E-state index in [4.69, 9.17) is 4.43 Å². The second-order valence-corrected chi connectivity index (χ2v) is 14.9. The molecule has 3 nitrogen and oxygen atoms in total. The molecule has 2 atom stereocenters. The highest BCUT2D eigenvalue weighted by molar-refractivity contribution is 6.99. The number of hydrogen-bond acceptors (Lipinski definition) is 3. The van der Waals surface area contributed by atoms with Gasteiger partial charge in [0.25, 0.3) is 8.32 Å². The predicted octanol–water partition coefficient (Wildman–Crippen LogP) is 4.82. The molecule has 4 heteroatoms. The number of likely N-dealkylation sites (N-methyl/N-ethyl adjacent to an activating group) is 1. The third-order valence-electron chi connectivity index (χ3n) is 7.33. The highest BCUT2D eigenvalue weighted by atomic mass is 28.4. The van der Waals surface area contributed by atoms with Gasteiger partial charge in [-0.2, -0.15) is 0 Å². The Kier molecular flexibility index (Phi) is 8.05. The third-order valence-corrected chi connectivity index (χ3v) is 12.3. The molecule has 34 heavy (non-hydrogen) atoms. The van der Waals surface area contributed by atoms with Gasteiger partial charge in [0.1, 0.15) is 0 Å². The van der Waals surface area contributed by atoms with Crippen LogP contribution in [-0.2, 0) is 11.0 Å². The molecule has 0 aromatic heterocycles. The zero-order valence-electron chi connectivity index (χ0n) is 21.2. The SMILES string of the molecule is CNCC1CCC(CO[Si](c2ccccc2)(c2ccccc2)C(C)(C)C)N1Cc1ccccc1. The molecule has 0 aliphatic carbocycles. The van der Waals surface area contributed by atoms with Crippen LogP contribution in [0.1, 0.15) is 39.2 Å². The Hall–Kier alpha value is -2.24. The molecule has 0 spiro atoms. The predicted molar refractivity (Wildman–Crippen MR) is 146 cm³/mol. The minimum atomic E-state index is -2.52. The maximum Gasteiger partial charge on any atom is 0.261 e. The number of nitrogens with zero attached hydrogens (tertiary/aromatic N) is 1. The molecule has 1 aliphatic rings. The van der Waals surface area contributed by atoms with Crippen molar-refractivity contribution in [2.75, 3.05) is 20.2 Å². The fourth-order valence-electron chi connectivity index (χ4n) is 5.68. The van der Waals surface area contributed by atoms with Crippen LogP contribution < -0.4 is 15.7 Å². The number of nitrogens with one attached hydrogen (secondary N) is 1. The van der Waals surface area contributed by atoms with E-state index < -0.39 is 8.32 Å². The van der Waals surface area contributed by atoms with E-state index in [1.807, 2.05) is 0 Å². The quantitative estimate of drug-likeness (QED) is 0.452. The molecule has 1 aliphatic heterocycles. The van der Waals surface area contributed by atoms with Gasteiger partial charge in [-0.15, -0.1) is 0 Å². The first-order chi connectivity index (χ1) is 16.5. The van der Waals surface area contributed by atoms with E-state index in [2.05, 4.69) is 129 Å². The largest absolute Gasteiger partial charge is 0.406 e. The van der Waals surface area contributed by atoms with Crippen LogP contribution in [0.2, 0.25) is 5.04 Å². The minimum absolute atomic E-state index is 0.00292. The van der Waals surface area contributed by atoms with Crippen molar-refractivity contribution in [3.63, 3.8) is 0 Å². The molecular weight excluding hydrogens is 432 g/mol. The van der Waals surface area contributed by atoms with Crippen LogP contribution in [0.4, 0.5) is 0 Å². The highest BCUT2D eigenvalue weighted by Gasteiger charge is 2.51. The monoisotopic (exact) mass is 472 g/mol. The van der Waals surface area contributed by atoms with Gasteiger partial charge in [0.05, 0.1) is 6.61 Å². The third kappa shape index (κ3) is 5.21. The van der Waals surface area contributed by atoms with Crippen molar-refractivity contribution in [3.05, 3.63) is 96.6 Å². The summed E-state index contributed by atoms with van der Waals surface area (Å²) in [6.45, 7) is 9.84. The summed E-state index contributed by atoms with van der Waals surface area (Å²) in [6.07, 6.45) is 2.39. The summed E-state index contributed by atoms with van der Waals surface area (Å²) in [5.74, 6) is 0. The van der Waals surface area contributed by atoms with Gasteiger partial charge in [-0.1, -0.05) is 112 Å². The van der Waals surface area contributed by atoms with Gasteiger partial charge in [-0.3, -0.25) is 4.90 Å². The van der Waals surface area contributed by atoms with Gasteiger partial charge in [0, 0.05) is 25.2 Å². The van der Waals surface area contributed by atoms with Crippen molar-refractivity contribution in [2.45, 2.75) is 57.3 Å². The van der Waals surface area contributed by atoms with E-state index in [1.54, 1.807) is 0 Å². The van der Waals surface area contributed by atoms with Gasteiger partial charge in [-0.05, 0) is 40.9 Å². The van der Waals surface area contributed by atoms with Crippen molar-refractivity contribution >= 4 is 18.7 Å². The lowest BCUT2D eigenvalue weighted by Crippen LogP contribution is -2.67. The topological polar surface area (TPSA) is 24.5 Å². The summed E-state index contributed by atoms with van der Waals surface area (Å²) in [5.41, 5.74) is 1.38. The highest BCUT2D eigenvalue weighted by Crippen LogP contribution is 2.38. The second-order valence-electron chi connectivity index (χ2n) is 10.6. The van der Waals surface area contributed by atoms with Crippen molar-refractivity contribution < 1.29 is 4.43 Å². The Morgan fingerprint density at radius 1 is 0.794 bits per heavy atom. The molecule has 2 unspecified atom stereocenters. The zero-order valence-corrected chi connectivity index (χ0v) is 22.2. The van der Waals surface area contributed by atoms with Crippen molar-refractivity contribution in [3.8, 4) is 0 Å². The van der Waals surface area contributed by atoms with Crippen LogP contribution in [0, 0.1) is 0 Å². The van der Waals surface area contributed by atoms with Gasteiger partial charge in [0.15, 0.2) is 0 Å². The Bertz CT molecular complexity index is 965. The van der Waals surface area contributed by atoms with Crippen LogP contribution in [0.25, 0.3) is 0 Å². The fraction of sp³-hybridized carbons (Fsp3) is 0.400. The average Bonchev–Trinajstić information content (AvgIpc) is 3.22. The molecule has 0 saturated carbocycles. The summed E-state index contributed by atoms with van der Waals surface area (Å²) in [5, 5.41) is 6.13. The maximum absolute atomic E-state index is 7.32. The Morgan fingerprint density at radius 2 is 1.29 bits per heavy atom. The summed E-state index contributed by atoms with van der Waals surface area (Å²) in [4.78, 5) is 2.68. The number of likely N-dealkylation sites (tertiary alicyclic amines) is 1. The van der Waals surface area contributed by atoms with Crippen LogP contribution >= 0.6 is 0 Å². The van der Waals surface area contributed by atoms with Gasteiger partial charge < -0.3 is 9.74 Å². The number of hydrogen-bond donors (Lipinski definition) is 1. The smallest absolute Gasteiger partial charge is 0.261 e. The summed E-state index contributed by atoms with van der Waals surface area (Å²) in [6, 6.07) is 33.8.